The van der Waals surface area contributed by atoms with Gasteiger partial charge in [-0.15, -0.1) is 0 Å². The molecular weight excluding hydrogens is 197 g/mol. The van der Waals surface area contributed by atoms with E-state index in [1.807, 2.05) is 6.08 Å². The van der Waals surface area contributed by atoms with E-state index in [0.29, 0.717) is 12.8 Å². The topological polar surface area (TPSA) is 104 Å². The second-order valence-corrected chi connectivity index (χ2v) is 3.98. The molecule has 0 saturated heterocycles. The van der Waals surface area contributed by atoms with Gasteiger partial charge in [0.1, 0.15) is 6.04 Å². The van der Waals surface area contributed by atoms with Crippen molar-refractivity contribution in [3.8, 4) is 0 Å². The molecule has 5 N–H and O–H groups in total. The first-order chi connectivity index (χ1) is 7.00. The van der Waals surface area contributed by atoms with Crippen molar-refractivity contribution in [2.75, 3.05) is 0 Å². The molecule has 0 spiro atoms. The second kappa shape index (κ2) is 5.30. The van der Waals surface area contributed by atoms with Crippen molar-refractivity contribution in [3.63, 3.8) is 0 Å². The minimum absolute atomic E-state index is 0.131. The van der Waals surface area contributed by atoms with Crippen molar-refractivity contribution in [2.45, 2.75) is 31.1 Å². The molecule has 0 aromatic heterocycles. The Hall–Kier alpha value is -0.845. The van der Waals surface area contributed by atoms with E-state index in [1.54, 1.807) is 6.08 Å². The van der Waals surface area contributed by atoms with Gasteiger partial charge in [-0.1, -0.05) is 12.2 Å². The first-order valence-corrected chi connectivity index (χ1v) is 5.03. The zero-order valence-electron chi connectivity index (χ0n) is 8.41. The number of carbonyl (C=O) groups is 1. The fourth-order valence-corrected chi connectivity index (χ4v) is 1.77. The molecule has 1 aliphatic carbocycles. The molecule has 0 bridgehead atoms. The van der Waals surface area contributed by atoms with Gasteiger partial charge in [-0.05, 0) is 25.2 Å². The van der Waals surface area contributed by atoms with Gasteiger partial charge in [-0.3, -0.25) is 4.79 Å². The maximum absolute atomic E-state index is 10.5. The standard InChI is InChI=1S/C9H16BNO4/c11-8(9(12)13)5-6-1-3-7(4-2-6)10(14)15/h1,3,6-8,14-15H,2,4-5,11H2,(H,12,13). The molecule has 0 aromatic carbocycles. The Morgan fingerprint density at radius 1 is 1.47 bits per heavy atom. The molecule has 5 nitrogen and oxygen atoms in total. The summed E-state index contributed by atoms with van der Waals surface area (Å²) < 4.78 is 0. The molecule has 0 radical (unpaired) electrons. The largest absolute Gasteiger partial charge is 0.480 e. The Labute approximate surface area is 88.7 Å². The van der Waals surface area contributed by atoms with Gasteiger partial charge in [-0.25, -0.2) is 0 Å². The third kappa shape index (κ3) is 3.66. The summed E-state index contributed by atoms with van der Waals surface area (Å²) >= 11 is 0. The zero-order valence-corrected chi connectivity index (χ0v) is 8.41. The number of rotatable bonds is 4. The first-order valence-electron chi connectivity index (χ1n) is 5.03. The zero-order chi connectivity index (χ0) is 11.4. The van der Waals surface area contributed by atoms with Crippen LogP contribution < -0.4 is 5.73 Å². The van der Waals surface area contributed by atoms with E-state index in [9.17, 15) is 4.79 Å². The Kier molecular flexibility index (Phi) is 4.32. The van der Waals surface area contributed by atoms with Crippen LogP contribution in [0.4, 0.5) is 0 Å². The summed E-state index contributed by atoms with van der Waals surface area (Å²) in [6, 6.07) is -0.838. The molecule has 3 atom stereocenters. The second-order valence-electron chi connectivity index (χ2n) is 3.98. The highest BCUT2D eigenvalue weighted by atomic mass is 16.4. The van der Waals surface area contributed by atoms with Crippen LogP contribution in [0.2, 0.25) is 5.82 Å². The van der Waals surface area contributed by atoms with E-state index in [-0.39, 0.29) is 11.7 Å². The van der Waals surface area contributed by atoms with Crippen LogP contribution in [0.3, 0.4) is 0 Å². The number of aliphatic carboxylic acids is 1. The maximum Gasteiger partial charge on any atom is 0.458 e. The predicted molar refractivity (Wildman–Crippen MR) is 56.0 cm³/mol. The number of carboxylic acid groups (broad SMARTS) is 1. The van der Waals surface area contributed by atoms with Gasteiger partial charge in [0, 0.05) is 5.82 Å². The highest BCUT2D eigenvalue weighted by Crippen LogP contribution is 2.29. The molecule has 3 unspecified atom stereocenters. The maximum atomic E-state index is 10.5. The summed E-state index contributed by atoms with van der Waals surface area (Å²) in [5, 5.41) is 26.5. The van der Waals surface area contributed by atoms with Gasteiger partial charge in [0.05, 0.1) is 0 Å². The lowest BCUT2D eigenvalue weighted by Gasteiger charge is -2.23. The molecular formula is C9H16BNO4. The molecule has 15 heavy (non-hydrogen) atoms. The number of hydrogen-bond donors (Lipinski definition) is 4. The van der Waals surface area contributed by atoms with Gasteiger partial charge in [0.2, 0.25) is 0 Å². The van der Waals surface area contributed by atoms with E-state index < -0.39 is 19.1 Å². The van der Waals surface area contributed by atoms with E-state index in [2.05, 4.69) is 0 Å². The van der Waals surface area contributed by atoms with Crippen LogP contribution in [0.15, 0.2) is 12.2 Å². The van der Waals surface area contributed by atoms with E-state index in [0.717, 1.165) is 6.42 Å². The number of allylic oxidation sites excluding steroid dienone is 2. The van der Waals surface area contributed by atoms with Crippen LogP contribution in [0, 0.1) is 5.92 Å². The van der Waals surface area contributed by atoms with Crippen molar-refractivity contribution in [3.05, 3.63) is 12.2 Å². The molecule has 0 aliphatic heterocycles. The van der Waals surface area contributed by atoms with Gasteiger partial charge >= 0.3 is 13.1 Å². The Morgan fingerprint density at radius 2 is 2.13 bits per heavy atom. The molecule has 84 valence electrons. The Balaban J connectivity index is 2.42. The molecule has 6 heteroatoms. The summed E-state index contributed by atoms with van der Waals surface area (Å²) in [6.45, 7) is 0. The fourth-order valence-electron chi connectivity index (χ4n) is 1.77. The lowest BCUT2D eigenvalue weighted by molar-refractivity contribution is -0.138. The van der Waals surface area contributed by atoms with Crippen molar-refractivity contribution in [2.24, 2.45) is 11.7 Å². The van der Waals surface area contributed by atoms with Gasteiger partial charge in [0.25, 0.3) is 0 Å². The van der Waals surface area contributed by atoms with Crippen LogP contribution >= 0.6 is 0 Å². The monoisotopic (exact) mass is 213 g/mol. The van der Waals surface area contributed by atoms with Gasteiger partial charge < -0.3 is 20.9 Å². The third-order valence-electron chi connectivity index (χ3n) is 2.76. The van der Waals surface area contributed by atoms with Crippen molar-refractivity contribution < 1.29 is 19.9 Å². The van der Waals surface area contributed by atoms with E-state index in [4.69, 9.17) is 20.9 Å². The number of hydrogen-bond acceptors (Lipinski definition) is 4. The fraction of sp³-hybridized carbons (Fsp3) is 0.667. The van der Waals surface area contributed by atoms with Crippen LogP contribution in [-0.4, -0.2) is 34.3 Å². The van der Waals surface area contributed by atoms with Crippen molar-refractivity contribution >= 4 is 13.1 Å². The molecule has 0 heterocycles. The number of nitrogens with two attached hydrogens (primary N) is 1. The summed E-state index contributed by atoms with van der Waals surface area (Å²) in [4.78, 5) is 10.5. The number of carboxylic acids is 1. The SMILES string of the molecule is NC(CC1C=CC(B(O)O)CC1)C(=O)O. The molecule has 0 amide bonds. The highest BCUT2D eigenvalue weighted by Gasteiger charge is 2.26. The minimum Gasteiger partial charge on any atom is -0.480 e. The van der Waals surface area contributed by atoms with Gasteiger partial charge in [0.15, 0.2) is 0 Å². The van der Waals surface area contributed by atoms with Gasteiger partial charge in [-0.2, -0.15) is 0 Å². The predicted octanol–water partition coefficient (Wildman–Crippen LogP) is -0.402. The lowest BCUT2D eigenvalue weighted by Crippen LogP contribution is -2.33. The van der Waals surface area contributed by atoms with Crippen molar-refractivity contribution in [1.29, 1.82) is 0 Å². The highest BCUT2D eigenvalue weighted by molar-refractivity contribution is 6.43. The summed E-state index contributed by atoms with van der Waals surface area (Å²) in [5.41, 5.74) is 5.41. The normalized spacial score (nSPS) is 27.4. The Morgan fingerprint density at radius 3 is 2.53 bits per heavy atom. The van der Waals surface area contributed by atoms with E-state index >= 15 is 0 Å². The Bertz CT molecular complexity index is 256. The summed E-state index contributed by atoms with van der Waals surface area (Å²) in [7, 11) is -1.32. The van der Waals surface area contributed by atoms with Crippen LogP contribution in [0.5, 0.6) is 0 Å². The molecule has 0 aromatic rings. The van der Waals surface area contributed by atoms with Crippen LogP contribution in [0.25, 0.3) is 0 Å². The third-order valence-corrected chi connectivity index (χ3v) is 2.76. The van der Waals surface area contributed by atoms with Crippen molar-refractivity contribution in [1.82, 2.24) is 0 Å². The average molecular weight is 213 g/mol. The quantitative estimate of drug-likeness (QED) is 0.375. The molecule has 0 fully saturated rings. The smallest absolute Gasteiger partial charge is 0.458 e. The van der Waals surface area contributed by atoms with Crippen LogP contribution in [-0.2, 0) is 4.79 Å². The average Bonchev–Trinajstić information content (AvgIpc) is 2.18. The molecule has 1 rings (SSSR count). The molecule has 1 aliphatic rings. The van der Waals surface area contributed by atoms with E-state index in [1.165, 1.54) is 0 Å². The first kappa shape index (κ1) is 12.2. The summed E-state index contributed by atoms with van der Waals surface area (Å²) in [5.74, 6) is -1.10. The minimum atomic E-state index is -1.32. The lowest BCUT2D eigenvalue weighted by atomic mass is 9.66. The van der Waals surface area contributed by atoms with Crippen LogP contribution in [0.1, 0.15) is 19.3 Å². The summed E-state index contributed by atoms with van der Waals surface area (Å²) in [6.07, 6.45) is 5.37. The molecule has 0 saturated carbocycles.